The summed E-state index contributed by atoms with van der Waals surface area (Å²) in [6.07, 6.45) is 3.77. The molecule has 0 aliphatic carbocycles. The summed E-state index contributed by atoms with van der Waals surface area (Å²) < 4.78 is 0. The van der Waals surface area contributed by atoms with Gasteiger partial charge >= 0.3 is 0 Å². The van der Waals surface area contributed by atoms with E-state index in [9.17, 15) is 4.79 Å². The topological polar surface area (TPSA) is 49.6 Å². The largest absolute Gasteiger partial charge is 0.340 e. The molecule has 80 valence electrons. The molecule has 0 saturated carbocycles. The van der Waals surface area contributed by atoms with Gasteiger partial charge in [0.15, 0.2) is 0 Å². The van der Waals surface area contributed by atoms with Crippen molar-refractivity contribution in [3.63, 3.8) is 0 Å². The van der Waals surface area contributed by atoms with E-state index in [1.165, 1.54) is 25.9 Å². The van der Waals surface area contributed by atoms with Gasteiger partial charge in [-0.2, -0.15) is 0 Å². The van der Waals surface area contributed by atoms with Gasteiger partial charge in [-0.15, -0.1) is 0 Å². The van der Waals surface area contributed by atoms with E-state index >= 15 is 0 Å². The molecule has 0 radical (unpaired) electrons. The molecular weight excluding hydrogens is 178 g/mol. The van der Waals surface area contributed by atoms with Gasteiger partial charge in [0.25, 0.3) is 0 Å². The molecule has 1 amide bonds. The monoisotopic (exact) mass is 197 g/mol. The minimum atomic E-state index is 0.103. The van der Waals surface area contributed by atoms with Crippen LogP contribution in [0.4, 0.5) is 0 Å². The zero-order valence-electron chi connectivity index (χ0n) is 8.61. The second-order valence-corrected chi connectivity index (χ2v) is 4.23. The average molecular weight is 197 g/mol. The molecule has 2 aliphatic heterocycles. The molecule has 2 fully saturated rings. The maximum absolute atomic E-state index is 11.4. The van der Waals surface area contributed by atoms with E-state index in [-0.39, 0.29) is 12.5 Å². The first-order chi connectivity index (χ1) is 6.81. The van der Waals surface area contributed by atoms with Crippen LogP contribution in [0.1, 0.15) is 19.3 Å². The molecule has 2 rings (SSSR count). The van der Waals surface area contributed by atoms with Crippen LogP contribution >= 0.6 is 0 Å². The summed E-state index contributed by atoms with van der Waals surface area (Å²) in [4.78, 5) is 15.8. The highest BCUT2D eigenvalue weighted by atomic mass is 16.2. The van der Waals surface area contributed by atoms with E-state index in [1.807, 2.05) is 4.90 Å². The van der Waals surface area contributed by atoms with Crippen LogP contribution in [0.25, 0.3) is 0 Å². The smallest absolute Gasteiger partial charge is 0.236 e. The van der Waals surface area contributed by atoms with Crippen LogP contribution in [-0.2, 0) is 4.79 Å². The van der Waals surface area contributed by atoms with Gasteiger partial charge in [-0.3, -0.25) is 9.69 Å². The summed E-state index contributed by atoms with van der Waals surface area (Å²) in [6.45, 7) is 4.39. The fourth-order valence-corrected chi connectivity index (χ4v) is 2.50. The SMILES string of the molecule is NCC(=O)N1CCC(N2CCCC2)C1. The molecule has 0 aromatic rings. The molecular formula is C10H19N3O. The fraction of sp³-hybridized carbons (Fsp3) is 0.900. The lowest BCUT2D eigenvalue weighted by molar-refractivity contribution is -0.128. The molecule has 2 N–H and O–H groups in total. The predicted molar refractivity (Wildman–Crippen MR) is 54.8 cm³/mol. The molecule has 2 aliphatic rings. The first kappa shape index (κ1) is 9.93. The van der Waals surface area contributed by atoms with Crippen LogP contribution in [0.2, 0.25) is 0 Å². The van der Waals surface area contributed by atoms with Crippen molar-refractivity contribution in [2.45, 2.75) is 25.3 Å². The Morgan fingerprint density at radius 1 is 1.29 bits per heavy atom. The van der Waals surface area contributed by atoms with E-state index in [0.717, 1.165) is 19.5 Å². The van der Waals surface area contributed by atoms with Crippen molar-refractivity contribution in [3.8, 4) is 0 Å². The molecule has 4 nitrogen and oxygen atoms in total. The molecule has 2 heterocycles. The zero-order valence-corrected chi connectivity index (χ0v) is 8.61. The molecule has 1 atom stereocenters. The van der Waals surface area contributed by atoms with Gasteiger partial charge in [-0.1, -0.05) is 0 Å². The standard InChI is InChI=1S/C10H19N3O/c11-7-10(14)13-6-3-9(8-13)12-4-1-2-5-12/h9H,1-8,11H2. The lowest BCUT2D eigenvalue weighted by atomic mass is 10.2. The number of nitrogens with two attached hydrogens (primary N) is 1. The second kappa shape index (κ2) is 4.28. The summed E-state index contributed by atoms with van der Waals surface area (Å²) in [6, 6.07) is 0.605. The first-order valence-electron chi connectivity index (χ1n) is 5.53. The minimum absolute atomic E-state index is 0.103. The highest BCUT2D eigenvalue weighted by molar-refractivity contribution is 5.78. The lowest BCUT2D eigenvalue weighted by Gasteiger charge is -2.23. The third-order valence-electron chi connectivity index (χ3n) is 3.35. The quantitative estimate of drug-likeness (QED) is 0.658. The van der Waals surface area contributed by atoms with E-state index in [2.05, 4.69) is 4.90 Å². The van der Waals surface area contributed by atoms with Crippen molar-refractivity contribution in [2.24, 2.45) is 5.73 Å². The van der Waals surface area contributed by atoms with Crippen LogP contribution in [0, 0.1) is 0 Å². The highest BCUT2D eigenvalue weighted by Gasteiger charge is 2.30. The van der Waals surface area contributed by atoms with Crippen LogP contribution < -0.4 is 5.73 Å². The van der Waals surface area contributed by atoms with Gasteiger partial charge in [0.1, 0.15) is 0 Å². The van der Waals surface area contributed by atoms with Crippen LogP contribution in [0.5, 0.6) is 0 Å². The number of amides is 1. The van der Waals surface area contributed by atoms with Crippen molar-refractivity contribution >= 4 is 5.91 Å². The molecule has 14 heavy (non-hydrogen) atoms. The Morgan fingerprint density at radius 3 is 2.64 bits per heavy atom. The Labute approximate surface area is 85.0 Å². The number of carbonyl (C=O) groups excluding carboxylic acids is 1. The predicted octanol–water partition coefficient (Wildman–Crippen LogP) is -0.358. The maximum atomic E-state index is 11.4. The summed E-state index contributed by atoms with van der Waals surface area (Å²) in [5.74, 6) is 0.103. The van der Waals surface area contributed by atoms with Gasteiger partial charge in [-0.05, 0) is 32.4 Å². The lowest BCUT2D eigenvalue weighted by Crippen LogP contribution is -2.39. The fourth-order valence-electron chi connectivity index (χ4n) is 2.50. The van der Waals surface area contributed by atoms with Crippen LogP contribution in [0.3, 0.4) is 0 Å². The third-order valence-corrected chi connectivity index (χ3v) is 3.35. The van der Waals surface area contributed by atoms with E-state index in [0.29, 0.717) is 6.04 Å². The molecule has 4 heteroatoms. The van der Waals surface area contributed by atoms with Crippen molar-refractivity contribution in [1.82, 2.24) is 9.80 Å². The van der Waals surface area contributed by atoms with Gasteiger partial charge in [0.05, 0.1) is 6.54 Å². The zero-order chi connectivity index (χ0) is 9.97. The van der Waals surface area contributed by atoms with Crippen molar-refractivity contribution in [2.75, 3.05) is 32.7 Å². The van der Waals surface area contributed by atoms with Gasteiger partial charge in [-0.25, -0.2) is 0 Å². The summed E-state index contributed by atoms with van der Waals surface area (Å²) >= 11 is 0. The number of likely N-dealkylation sites (tertiary alicyclic amines) is 2. The van der Waals surface area contributed by atoms with Crippen molar-refractivity contribution < 1.29 is 4.79 Å². The van der Waals surface area contributed by atoms with Crippen LogP contribution in [0.15, 0.2) is 0 Å². The maximum Gasteiger partial charge on any atom is 0.236 e. The Kier molecular flexibility index (Phi) is 3.03. The number of nitrogens with zero attached hydrogens (tertiary/aromatic N) is 2. The van der Waals surface area contributed by atoms with E-state index in [4.69, 9.17) is 5.73 Å². The molecule has 0 bridgehead atoms. The molecule has 2 saturated heterocycles. The molecule has 0 aromatic carbocycles. The first-order valence-corrected chi connectivity index (χ1v) is 5.53. The average Bonchev–Trinajstić information content (AvgIpc) is 2.86. The normalized spacial score (nSPS) is 28.6. The highest BCUT2D eigenvalue weighted by Crippen LogP contribution is 2.20. The molecule has 1 unspecified atom stereocenters. The Balaban J connectivity index is 1.84. The minimum Gasteiger partial charge on any atom is -0.340 e. The Morgan fingerprint density at radius 2 is 2.00 bits per heavy atom. The van der Waals surface area contributed by atoms with E-state index < -0.39 is 0 Å². The second-order valence-electron chi connectivity index (χ2n) is 4.23. The number of hydrogen-bond donors (Lipinski definition) is 1. The van der Waals surface area contributed by atoms with Gasteiger partial charge < -0.3 is 10.6 Å². The van der Waals surface area contributed by atoms with Gasteiger partial charge in [0, 0.05) is 19.1 Å². The van der Waals surface area contributed by atoms with Crippen molar-refractivity contribution in [3.05, 3.63) is 0 Å². The summed E-state index contributed by atoms with van der Waals surface area (Å²) in [5, 5.41) is 0. The number of carbonyl (C=O) groups is 1. The Bertz CT molecular complexity index is 213. The third kappa shape index (κ3) is 1.91. The summed E-state index contributed by atoms with van der Waals surface area (Å²) in [5.41, 5.74) is 5.35. The van der Waals surface area contributed by atoms with E-state index in [1.54, 1.807) is 0 Å². The number of rotatable bonds is 2. The summed E-state index contributed by atoms with van der Waals surface area (Å²) in [7, 11) is 0. The number of hydrogen-bond acceptors (Lipinski definition) is 3. The molecule has 0 spiro atoms. The Hall–Kier alpha value is -0.610. The molecule has 0 aromatic heterocycles. The van der Waals surface area contributed by atoms with Crippen molar-refractivity contribution in [1.29, 1.82) is 0 Å². The van der Waals surface area contributed by atoms with Crippen LogP contribution in [-0.4, -0.2) is 54.5 Å². The van der Waals surface area contributed by atoms with Gasteiger partial charge in [0.2, 0.25) is 5.91 Å².